The van der Waals surface area contributed by atoms with Gasteiger partial charge in [0.15, 0.2) is 9.84 Å². The molecule has 3 amide bonds. The van der Waals surface area contributed by atoms with E-state index in [-0.39, 0.29) is 18.2 Å². The molecule has 1 unspecified atom stereocenters. The van der Waals surface area contributed by atoms with E-state index in [2.05, 4.69) is 10.6 Å². The molecule has 0 aromatic rings. The second-order valence-electron chi connectivity index (χ2n) is 9.31. The van der Waals surface area contributed by atoms with Gasteiger partial charge in [-0.2, -0.15) is 0 Å². The number of hydrogen-bond acceptors (Lipinski definition) is 5. The summed E-state index contributed by atoms with van der Waals surface area (Å²) in [5, 5.41) is 5.44. The Morgan fingerprint density at radius 2 is 1.76 bits per heavy atom. The lowest BCUT2D eigenvalue weighted by Gasteiger charge is -2.39. The van der Waals surface area contributed by atoms with Crippen molar-refractivity contribution < 1.29 is 22.8 Å². The van der Waals surface area contributed by atoms with Crippen molar-refractivity contribution in [2.45, 2.75) is 88.5 Å². The van der Waals surface area contributed by atoms with Crippen LogP contribution in [-0.4, -0.2) is 66.7 Å². The number of carbonyl (C=O) groups excluding carboxylic acids is 3. The van der Waals surface area contributed by atoms with Gasteiger partial charge in [0.1, 0.15) is 6.29 Å². The summed E-state index contributed by atoms with van der Waals surface area (Å²) in [5.74, 6) is -0.401. The Balaban J connectivity index is 1.99. The number of rotatable bonds is 6. The molecular weight excluding hydrogens is 394 g/mol. The van der Waals surface area contributed by atoms with Crippen LogP contribution in [0.15, 0.2) is 0 Å². The molecule has 166 valence electrons. The molecule has 0 aromatic carbocycles. The molecule has 0 spiro atoms. The van der Waals surface area contributed by atoms with Crippen LogP contribution in [-0.2, 0) is 19.4 Å². The molecule has 1 atom stereocenters. The maximum Gasteiger partial charge on any atom is 0.315 e. The minimum Gasteiger partial charge on any atom is -0.332 e. The minimum atomic E-state index is -3.42. The lowest BCUT2D eigenvalue weighted by atomic mass is 9.83. The number of amides is 3. The first-order valence-electron chi connectivity index (χ1n) is 10.5. The highest BCUT2D eigenvalue weighted by molar-refractivity contribution is 7.92. The zero-order valence-electron chi connectivity index (χ0n) is 17.8. The molecule has 29 heavy (non-hydrogen) atoms. The fourth-order valence-electron chi connectivity index (χ4n) is 4.07. The molecule has 1 saturated heterocycles. The SMILES string of the molecule is CC(C)(C)S(=O)(=O)CC1(NC(=O)NCC(=O)N2CCCCC2C=O)CCCCC1. The normalized spacial score (nSPS) is 22.6. The van der Waals surface area contributed by atoms with Gasteiger partial charge in [0.25, 0.3) is 0 Å². The molecule has 0 bridgehead atoms. The van der Waals surface area contributed by atoms with Crippen molar-refractivity contribution in [2.24, 2.45) is 0 Å². The van der Waals surface area contributed by atoms with Crippen molar-refractivity contribution in [3.05, 3.63) is 0 Å². The summed E-state index contributed by atoms with van der Waals surface area (Å²) < 4.78 is 24.7. The molecule has 2 fully saturated rings. The van der Waals surface area contributed by atoms with Crippen molar-refractivity contribution in [3.63, 3.8) is 0 Å². The van der Waals surface area contributed by atoms with Crippen LogP contribution in [0.5, 0.6) is 0 Å². The smallest absolute Gasteiger partial charge is 0.315 e. The number of likely N-dealkylation sites (tertiary alicyclic amines) is 1. The summed E-state index contributed by atoms with van der Waals surface area (Å²) in [6.45, 7) is 5.30. The third-order valence-corrected chi connectivity index (χ3v) is 8.81. The van der Waals surface area contributed by atoms with Gasteiger partial charge in [-0.25, -0.2) is 13.2 Å². The van der Waals surface area contributed by atoms with Crippen molar-refractivity contribution in [2.75, 3.05) is 18.8 Å². The minimum absolute atomic E-state index is 0.107. The van der Waals surface area contributed by atoms with Gasteiger partial charge in [0.05, 0.1) is 28.6 Å². The molecule has 9 heteroatoms. The number of hydrogen-bond donors (Lipinski definition) is 2. The second-order valence-corrected chi connectivity index (χ2v) is 12.0. The zero-order chi connectivity index (χ0) is 21.7. The Kier molecular flexibility index (Phi) is 7.70. The van der Waals surface area contributed by atoms with E-state index in [0.717, 1.165) is 38.4 Å². The van der Waals surface area contributed by atoms with Gasteiger partial charge in [-0.1, -0.05) is 19.3 Å². The van der Waals surface area contributed by atoms with E-state index in [0.29, 0.717) is 25.8 Å². The van der Waals surface area contributed by atoms with E-state index in [1.807, 2.05) is 0 Å². The molecule has 8 nitrogen and oxygen atoms in total. The molecule has 2 rings (SSSR count). The number of nitrogens with one attached hydrogen (secondary N) is 2. The quantitative estimate of drug-likeness (QED) is 0.625. The van der Waals surface area contributed by atoms with Gasteiger partial charge in [0, 0.05) is 6.54 Å². The fourth-order valence-corrected chi connectivity index (χ4v) is 5.59. The second kappa shape index (κ2) is 9.45. The lowest BCUT2D eigenvalue weighted by molar-refractivity contribution is -0.136. The van der Waals surface area contributed by atoms with E-state index < -0.39 is 32.2 Å². The fraction of sp³-hybridized carbons (Fsp3) is 0.850. The third-order valence-electron chi connectivity index (χ3n) is 6.02. The summed E-state index contributed by atoms with van der Waals surface area (Å²) in [4.78, 5) is 37.7. The summed E-state index contributed by atoms with van der Waals surface area (Å²) in [6, 6.07) is -0.966. The van der Waals surface area contributed by atoms with E-state index >= 15 is 0 Å². The Bertz CT molecular complexity index is 708. The topological polar surface area (TPSA) is 113 Å². The van der Waals surface area contributed by atoms with E-state index in [1.165, 1.54) is 4.90 Å². The zero-order valence-corrected chi connectivity index (χ0v) is 18.6. The van der Waals surface area contributed by atoms with Crippen molar-refractivity contribution in [3.8, 4) is 0 Å². The number of carbonyl (C=O) groups is 3. The van der Waals surface area contributed by atoms with Crippen LogP contribution >= 0.6 is 0 Å². The van der Waals surface area contributed by atoms with E-state index in [4.69, 9.17) is 0 Å². The van der Waals surface area contributed by atoms with Crippen LogP contribution in [0.4, 0.5) is 4.79 Å². The van der Waals surface area contributed by atoms with Crippen molar-refractivity contribution in [1.29, 1.82) is 0 Å². The van der Waals surface area contributed by atoms with Gasteiger partial charge in [-0.05, 0) is 52.9 Å². The van der Waals surface area contributed by atoms with E-state index in [9.17, 15) is 22.8 Å². The molecule has 0 radical (unpaired) electrons. The first-order chi connectivity index (χ1) is 13.5. The van der Waals surface area contributed by atoms with Crippen molar-refractivity contribution in [1.82, 2.24) is 15.5 Å². The predicted molar refractivity (Wildman–Crippen MR) is 111 cm³/mol. The summed E-state index contributed by atoms with van der Waals surface area (Å²) >= 11 is 0. The Morgan fingerprint density at radius 3 is 2.34 bits per heavy atom. The van der Waals surface area contributed by atoms with Gasteiger partial charge >= 0.3 is 6.03 Å². The number of piperidine rings is 1. The molecule has 1 saturated carbocycles. The van der Waals surface area contributed by atoms with E-state index in [1.54, 1.807) is 20.8 Å². The first kappa shape index (κ1) is 23.6. The van der Waals surface area contributed by atoms with Gasteiger partial charge in [-0.3, -0.25) is 4.79 Å². The Hall–Kier alpha value is -1.64. The predicted octanol–water partition coefficient (Wildman–Crippen LogP) is 1.78. The largest absolute Gasteiger partial charge is 0.332 e. The van der Waals surface area contributed by atoms with Crippen molar-refractivity contribution >= 4 is 28.1 Å². The van der Waals surface area contributed by atoms with Crippen LogP contribution in [0, 0.1) is 0 Å². The number of nitrogens with zero attached hydrogens (tertiary/aromatic N) is 1. The average Bonchev–Trinajstić information content (AvgIpc) is 2.65. The van der Waals surface area contributed by atoms with Crippen LogP contribution in [0.25, 0.3) is 0 Å². The molecule has 0 aromatic heterocycles. The van der Waals surface area contributed by atoms with Crippen LogP contribution < -0.4 is 10.6 Å². The molecule has 2 aliphatic rings. The lowest BCUT2D eigenvalue weighted by Crippen LogP contribution is -2.59. The first-order valence-corrected chi connectivity index (χ1v) is 12.2. The third kappa shape index (κ3) is 6.17. The highest BCUT2D eigenvalue weighted by Gasteiger charge is 2.42. The monoisotopic (exact) mass is 429 g/mol. The molecular formula is C20H35N3O5S. The van der Waals surface area contributed by atoms with Gasteiger partial charge in [0.2, 0.25) is 5.91 Å². The number of sulfone groups is 1. The highest BCUT2D eigenvalue weighted by Crippen LogP contribution is 2.32. The molecule has 1 aliphatic carbocycles. The number of urea groups is 1. The van der Waals surface area contributed by atoms with Crippen LogP contribution in [0.2, 0.25) is 0 Å². The molecule has 1 heterocycles. The Labute approximate surface area is 174 Å². The van der Waals surface area contributed by atoms with Gasteiger partial charge in [-0.15, -0.1) is 0 Å². The number of aldehydes is 1. The maximum absolute atomic E-state index is 12.8. The standard InChI is InChI=1S/C20H35N3O5S/c1-19(2,3)29(27,28)15-20(10-6-4-7-11-20)22-18(26)21-13-17(25)23-12-8-5-9-16(23)14-24/h14,16H,4-13,15H2,1-3H3,(H2,21,22,26). The molecule has 1 aliphatic heterocycles. The summed E-state index contributed by atoms with van der Waals surface area (Å²) in [5.41, 5.74) is -0.812. The summed E-state index contributed by atoms with van der Waals surface area (Å²) in [6.07, 6.45) is 7.11. The average molecular weight is 430 g/mol. The maximum atomic E-state index is 12.8. The highest BCUT2D eigenvalue weighted by atomic mass is 32.2. The Morgan fingerprint density at radius 1 is 1.10 bits per heavy atom. The van der Waals surface area contributed by atoms with Crippen LogP contribution in [0.3, 0.4) is 0 Å². The molecule has 2 N–H and O–H groups in total. The summed E-state index contributed by atoms with van der Waals surface area (Å²) in [7, 11) is -3.42. The van der Waals surface area contributed by atoms with Crippen LogP contribution in [0.1, 0.15) is 72.1 Å². The van der Waals surface area contributed by atoms with Gasteiger partial charge < -0.3 is 20.3 Å².